The number of aliphatic imine (C=N–C) groups is 1. The lowest BCUT2D eigenvalue weighted by atomic mass is 10.2. The van der Waals surface area contributed by atoms with Gasteiger partial charge >= 0.3 is 0 Å². The lowest BCUT2D eigenvalue weighted by Crippen LogP contribution is -2.35. The summed E-state index contributed by atoms with van der Waals surface area (Å²) >= 11 is 0. The standard InChI is InChI=1S/C11H14N4O2/c1-14-7-6-12-11(14)13-8-9-4-2-3-5-10(9)15(16)17/h2-5H,6-8H2,1H3,(H,12,13). The topological polar surface area (TPSA) is 70.8 Å². The summed E-state index contributed by atoms with van der Waals surface area (Å²) in [4.78, 5) is 16.7. The van der Waals surface area contributed by atoms with Gasteiger partial charge in [-0.1, -0.05) is 18.2 Å². The van der Waals surface area contributed by atoms with Crippen LogP contribution >= 0.6 is 0 Å². The van der Waals surface area contributed by atoms with Gasteiger partial charge in [0.1, 0.15) is 0 Å². The Balaban J connectivity index is 2.06. The summed E-state index contributed by atoms with van der Waals surface area (Å²) in [6.07, 6.45) is 0. The molecule has 0 atom stereocenters. The average Bonchev–Trinajstić information content (AvgIpc) is 2.72. The first-order chi connectivity index (χ1) is 8.18. The van der Waals surface area contributed by atoms with E-state index in [0.29, 0.717) is 12.1 Å². The molecule has 0 spiro atoms. The van der Waals surface area contributed by atoms with Crippen molar-refractivity contribution in [3.05, 3.63) is 39.9 Å². The highest BCUT2D eigenvalue weighted by molar-refractivity contribution is 5.81. The number of nitro groups is 1. The number of rotatable bonds is 3. The van der Waals surface area contributed by atoms with Gasteiger partial charge in [-0.05, 0) is 0 Å². The molecule has 0 radical (unpaired) electrons. The second-order valence-electron chi connectivity index (χ2n) is 3.87. The molecule has 17 heavy (non-hydrogen) atoms. The Kier molecular flexibility index (Phi) is 3.22. The van der Waals surface area contributed by atoms with Gasteiger partial charge in [0.25, 0.3) is 5.69 Å². The van der Waals surface area contributed by atoms with E-state index in [-0.39, 0.29) is 10.6 Å². The number of hydrogen-bond donors (Lipinski definition) is 1. The van der Waals surface area contributed by atoms with E-state index in [1.807, 2.05) is 11.9 Å². The monoisotopic (exact) mass is 234 g/mol. The zero-order chi connectivity index (χ0) is 12.3. The van der Waals surface area contributed by atoms with E-state index in [4.69, 9.17) is 0 Å². The molecular formula is C11H14N4O2. The Morgan fingerprint density at radius 3 is 2.94 bits per heavy atom. The number of hydrogen-bond acceptors (Lipinski definition) is 5. The molecule has 0 bridgehead atoms. The Bertz CT molecular complexity index is 459. The van der Waals surface area contributed by atoms with Crippen molar-refractivity contribution in [3.8, 4) is 0 Å². The fraction of sp³-hybridized carbons (Fsp3) is 0.364. The maximum Gasteiger partial charge on any atom is 0.274 e. The Morgan fingerprint density at radius 2 is 2.29 bits per heavy atom. The fourth-order valence-corrected chi connectivity index (χ4v) is 1.74. The Morgan fingerprint density at radius 1 is 1.53 bits per heavy atom. The minimum atomic E-state index is -0.364. The molecule has 1 aliphatic heterocycles. The molecule has 0 saturated carbocycles. The van der Waals surface area contributed by atoms with E-state index in [2.05, 4.69) is 10.3 Å². The predicted molar refractivity (Wildman–Crippen MR) is 64.9 cm³/mol. The van der Waals surface area contributed by atoms with Crippen LogP contribution in [0.15, 0.2) is 29.3 Å². The highest BCUT2D eigenvalue weighted by Gasteiger charge is 2.15. The van der Waals surface area contributed by atoms with Gasteiger partial charge in [0.15, 0.2) is 5.96 Å². The van der Waals surface area contributed by atoms with E-state index in [1.54, 1.807) is 18.2 Å². The fourth-order valence-electron chi connectivity index (χ4n) is 1.74. The lowest BCUT2D eigenvalue weighted by Gasteiger charge is -2.15. The van der Waals surface area contributed by atoms with Gasteiger partial charge in [-0.3, -0.25) is 15.1 Å². The van der Waals surface area contributed by atoms with Crippen molar-refractivity contribution in [1.29, 1.82) is 0 Å². The van der Waals surface area contributed by atoms with E-state index >= 15 is 0 Å². The molecule has 6 nitrogen and oxygen atoms in total. The summed E-state index contributed by atoms with van der Waals surface area (Å²) in [5, 5.41) is 13.9. The third-order valence-corrected chi connectivity index (χ3v) is 2.68. The number of likely N-dealkylation sites (N-methyl/N-ethyl adjacent to an activating group) is 1. The zero-order valence-electron chi connectivity index (χ0n) is 9.59. The summed E-state index contributed by atoms with van der Waals surface area (Å²) < 4.78 is 0. The van der Waals surface area contributed by atoms with Crippen molar-refractivity contribution < 1.29 is 4.92 Å². The van der Waals surface area contributed by atoms with E-state index in [0.717, 1.165) is 19.0 Å². The molecular weight excluding hydrogens is 220 g/mol. The molecule has 6 heteroatoms. The second-order valence-corrected chi connectivity index (χ2v) is 3.87. The van der Waals surface area contributed by atoms with Crippen molar-refractivity contribution >= 4 is 11.6 Å². The first-order valence-electron chi connectivity index (χ1n) is 5.40. The molecule has 1 heterocycles. The molecule has 0 aromatic heterocycles. The lowest BCUT2D eigenvalue weighted by molar-refractivity contribution is -0.385. The van der Waals surface area contributed by atoms with Crippen molar-refractivity contribution in [3.63, 3.8) is 0 Å². The van der Waals surface area contributed by atoms with Gasteiger partial charge in [0.2, 0.25) is 0 Å². The molecule has 1 aromatic carbocycles. The number of guanidine groups is 1. The molecule has 2 rings (SSSR count). The smallest absolute Gasteiger partial charge is 0.274 e. The average molecular weight is 234 g/mol. The van der Waals surface area contributed by atoms with Crippen LogP contribution in [0.3, 0.4) is 0 Å². The molecule has 1 N–H and O–H groups in total. The zero-order valence-corrected chi connectivity index (χ0v) is 9.59. The van der Waals surface area contributed by atoms with E-state index in [1.165, 1.54) is 6.07 Å². The largest absolute Gasteiger partial charge is 0.352 e. The quantitative estimate of drug-likeness (QED) is 0.625. The van der Waals surface area contributed by atoms with Crippen LogP contribution in [-0.4, -0.2) is 35.9 Å². The van der Waals surface area contributed by atoms with Crippen LogP contribution < -0.4 is 5.32 Å². The van der Waals surface area contributed by atoms with Gasteiger partial charge in [-0.15, -0.1) is 0 Å². The predicted octanol–water partition coefficient (Wildman–Crippen LogP) is 0.986. The third kappa shape index (κ3) is 2.52. The number of nitrogens with one attached hydrogen (secondary N) is 1. The number of benzene rings is 1. The molecule has 0 amide bonds. The molecule has 1 aliphatic rings. The molecule has 90 valence electrons. The Labute approximate surface area is 99.1 Å². The van der Waals surface area contributed by atoms with Crippen molar-refractivity contribution in [1.82, 2.24) is 10.2 Å². The van der Waals surface area contributed by atoms with Crippen LogP contribution in [0, 0.1) is 10.1 Å². The van der Waals surface area contributed by atoms with Crippen molar-refractivity contribution in [2.75, 3.05) is 20.1 Å². The second kappa shape index (κ2) is 4.82. The van der Waals surface area contributed by atoms with Crippen molar-refractivity contribution in [2.24, 2.45) is 4.99 Å². The highest BCUT2D eigenvalue weighted by Crippen LogP contribution is 2.17. The summed E-state index contributed by atoms with van der Waals surface area (Å²) in [7, 11) is 1.94. The van der Waals surface area contributed by atoms with E-state index in [9.17, 15) is 10.1 Å². The number of nitro benzene ring substituents is 1. The Hall–Kier alpha value is -2.11. The minimum Gasteiger partial charge on any atom is -0.352 e. The number of nitrogens with zero attached hydrogens (tertiary/aromatic N) is 3. The van der Waals surface area contributed by atoms with Gasteiger partial charge in [-0.25, -0.2) is 0 Å². The molecule has 0 unspecified atom stereocenters. The summed E-state index contributed by atoms with van der Waals surface area (Å²) in [6, 6.07) is 6.73. The van der Waals surface area contributed by atoms with Gasteiger partial charge in [0, 0.05) is 31.8 Å². The number of para-hydroxylation sites is 1. The first kappa shape index (κ1) is 11.4. The summed E-state index contributed by atoms with van der Waals surface area (Å²) in [6.45, 7) is 2.08. The first-order valence-corrected chi connectivity index (χ1v) is 5.40. The maximum atomic E-state index is 10.8. The molecule has 1 aromatic rings. The molecule has 0 aliphatic carbocycles. The SMILES string of the molecule is CN1CCN=C1NCc1ccccc1[N+](=O)[O-]. The van der Waals surface area contributed by atoms with Gasteiger partial charge in [-0.2, -0.15) is 0 Å². The van der Waals surface area contributed by atoms with Gasteiger partial charge < -0.3 is 10.2 Å². The van der Waals surface area contributed by atoms with Crippen LogP contribution in [-0.2, 0) is 6.54 Å². The normalized spacial score (nSPS) is 14.6. The van der Waals surface area contributed by atoms with Crippen LogP contribution in [0.5, 0.6) is 0 Å². The minimum absolute atomic E-state index is 0.140. The van der Waals surface area contributed by atoms with E-state index < -0.39 is 0 Å². The van der Waals surface area contributed by atoms with Crippen molar-refractivity contribution in [2.45, 2.75) is 6.54 Å². The summed E-state index contributed by atoms with van der Waals surface area (Å²) in [5.74, 6) is 0.795. The maximum absolute atomic E-state index is 10.8. The third-order valence-electron chi connectivity index (χ3n) is 2.68. The van der Waals surface area contributed by atoms with Crippen LogP contribution in [0.4, 0.5) is 5.69 Å². The van der Waals surface area contributed by atoms with Crippen LogP contribution in [0.25, 0.3) is 0 Å². The highest BCUT2D eigenvalue weighted by atomic mass is 16.6. The summed E-state index contributed by atoms with van der Waals surface area (Å²) in [5.41, 5.74) is 0.807. The molecule has 0 saturated heterocycles. The van der Waals surface area contributed by atoms with Gasteiger partial charge in [0.05, 0.1) is 11.5 Å². The van der Waals surface area contributed by atoms with Crippen LogP contribution in [0.1, 0.15) is 5.56 Å². The molecule has 0 fully saturated rings. The van der Waals surface area contributed by atoms with Crippen LogP contribution in [0.2, 0.25) is 0 Å².